The molecule has 24 heavy (non-hydrogen) atoms. The maximum absolute atomic E-state index is 12.3. The van der Waals surface area contributed by atoms with Gasteiger partial charge in [0.1, 0.15) is 11.5 Å². The van der Waals surface area contributed by atoms with Crippen LogP contribution in [0.2, 0.25) is 0 Å². The van der Waals surface area contributed by atoms with Crippen molar-refractivity contribution in [1.82, 2.24) is 15.1 Å². The molecule has 3 heterocycles. The SMILES string of the molecule is Cc1cc(C(=O)Nc2cc(C)on2)nc(NC2CCS(=O)(=O)C2)n1. The molecule has 1 aliphatic heterocycles. The number of hydrogen-bond acceptors (Lipinski definition) is 8. The fourth-order valence-electron chi connectivity index (χ4n) is 2.45. The number of aromatic nitrogens is 3. The largest absolute Gasteiger partial charge is 0.360 e. The molecule has 0 saturated carbocycles. The highest BCUT2D eigenvalue weighted by molar-refractivity contribution is 7.91. The number of nitrogens with zero attached hydrogens (tertiary/aromatic N) is 3. The highest BCUT2D eigenvalue weighted by Gasteiger charge is 2.28. The summed E-state index contributed by atoms with van der Waals surface area (Å²) in [4.78, 5) is 20.6. The van der Waals surface area contributed by atoms with Crippen molar-refractivity contribution in [1.29, 1.82) is 0 Å². The van der Waals surface area contributed by atoms with Crippen molar-refractivity contribution < 1.29 is 17.7 Å². The molecule has 2 aromatic rings. The third-order valence-corrected chi connectivity index (χ3v) is 5.29. The Bertz CT molecular complexity index is 877. The zero-order chi connectivity index (χ0) is 17.3. The van der Waals surface area contributed by atoms with Crippen LogP contribution in [0.15, 0.2) is 16.7 Å². The van der Waals surface area contributed by atoms with Crippen molar-refractivity contribution in [2.24, 2.45) is 0 Å². The zero-order valence-electron chi connectivity index (χ0n) is 13.2. The Balaban J connectivity index is 1.74. The summed E-state index contributed by atoms with van der Waals surface area (Å²) in [6, 6.07) is 2.89. The second-order valence-corrected chi connectivity index (χ2v) is 7.97. The van der Waals surface area contributed by atoms with E-state index in [-0.39, 0.29) is 29.2 Å². The smallest absolute Gasteiger partial charge is 0.275 e. The predicted octanol–water partition coefficient (Wildman–Crippen LogP) is 0.933. The van der Waals surface area contributed by atoms with Crippen LogP contribution in [0.25, 0.3) is 0 Å². The van der Waals surface area contributed by atoms with E-state index in [0.717, 1.165) is 0 Å². The van der Waals surface area contributed by atoms with Gasteiger partial charge in [-0.15, -0.1) is 0 Å². The lowest BCUT2D eigenvalue weighted by atomic mass is 10.2. The number of aryl methyl sites for hydroxylation is 2. The summed E-state index contributed by atoms with van der Waals surface area (Å²) in [7, 11) is -3.01. The average molecular weight is 351 g/mol. The van der Waals surface area contributed by atoms with Crippen molar-refractivity contribution in [2.45, 2.75) is 26.3 Å². The van der Waals surface area contributed by atoms with Crippen LogP contribution in [0.1, 0.15) is 28.4 Å². The van der Waals surface area contributed by atoms with Crippen molar-refractivity contribution in [3.63, 3.8) is 0 Å². The number of rotatable bonds is 4. The standard InChI is InChI=1S/C14H17N5O4S/c1-8-5-11(13(20)18-12-6-9(2)23-19-12)17-14(15-8)16-10-3-4-24(21,22)7-10/h5-6,10H,3-4,7H2,1-2H3,(H,15,16,17)(H,18,19,20). The summed E-state index contributed by atoms with van der Waals surface area (Å²) in [6.07, 6.45) is 0.499. The summed E-state index contributed by atoms with van der Waals surface area (Å²) >= 11 is 0. The molecule has 1 unspecified atom stereocenters. The molecule has 1 amide bonds. The van der Waals surface area contributed by atoms with E-state index in [1.165, 1.54) is 0 Å². The number of carbonyl (C=O) groups is 1. The maximum atomic E-state index is 12.3. The van der Waals surface area contributed by atoms with Gasteiger partial charge in [0, 0.05) is 17.8 Å². The molecule has 3 rings (SSSR count). The van der Waals surface area contributed by atoms with Crippen LogP contribution < -0.4 is 10.6 Å². The van der Waals surface area contributed by atoms with Gasteiger partial charge in [-0.25, -0.2) is 18.4 Å². The van der Waals surface area contributed by atoms with Crippen LogP contribution >= 0.6 is 0 Å². The van der Waals surface area contributed by atoms with E-state index in [1.807, 2.05) is 0 Å². The summed E-state index contributed by atoms with van der Waals surface area (Å²) < 4.78 is 27.9. The second kappa shape index (κ2) is 6.19. The minimum Gasteiger partial charge on any atom is -0.360 e. The van der Waals surface area contributed by atoms with Gasteiger partial charge in [-0.1, -0.05) is 5.16 Å². The quantitative estimate of drug-likeness (QED) is 0.833. The normalized spacial score (nSPS) is 19.2. The predicted molar refractivity (Wildman–Crippen MR) is 86.6 cm³/mol. The van der Waals surface area contributed by atoms with Gasteiger partial charge in [-0.3, -0.25) is 4.79 Å². The Morgan fingerprint density at radius 3 is 2.71 bits per heavy atom. The van der Waals surface area contributed by atoms with Crippen LogP contribution in [0, 0.1) is 13.8 Å². The fourth-order valence-corrected chi connectivity index (χ4v) is 4.12. The van der Waals surface area contributed by atoms with E-state index >= 15 is 0 Å². The van der Waals surface area contributed by atoms with Gasteiger partial charge < -0.3 is 15.2 Å². The zero-order valence-corrected chi connectivity index (χ0v) is 14.1. The van der Waals surface area contributed by atoms with Crippen LogP contribution in [0.4, 0.5) is 11.8 Å². The highest BCUT2D eigenvalue weighted by Crippen LogP contribution is 2.16. The van der Waals surface area contributed by atoms with Gasteiger partial charge in [0.15, 0.2) is 15.7 Å². The molecular weight excluding hydrogens is 334 g/mol. The first-order chi connectivity index (χ1) is 11.3. The molecule has 1 saturated heterocycles. The monoisotopic (exact) mass is 351 g/mol. The van der Waals surface area contributed by atoms with Crippen molar-refractivity contribution in [2.75, 3.05) is 22.1 Å². The minimum absolute atomic E-state index is 0.0457. The second-order valence-electron chi connectivity index (χ2n) is 5.74. The van der Waals surface area contributed by atoms with Gasteiger partial charge in [0.25, 0.3) is 5.91 Å². The Hall–Kier alpha value is -2.49. The molecular formula is C14H17N5O4S. The molecule has 2 aromatic heterocycles. The average Bonchev–Trinajstić information content (AvgIpc) is 3.03. The topological polar surface area (TPSA) is 127 Å². The molecule has 1 fully saturated rings. The fraction of sp³-hybridized carbons (Fsp3) is 0.429. The Labute approximate surface area is 138 Å². The van der Waals surface area contributed by atoms with Gasteiger partial charge >= 0.3 is 0 Å². The molecule has 0 spiro atoms. The Morgan fingerprint density at radius 2 is 2.08 bits per heavy atom. The van der Waals surface area contributed by atoms with E-state index in [0.29, 0.717) is 23.7 Å². The maximum Gasteiger partial charge on any atom is 0.275 e. The van der Waals surface area contributed by atoms with E-state index in [2.05, 4.69) is 25.8 Å². The summed E-state index contributed by atoms with van der Waals surface area (Å²) in [5, 5.41) is 9.26. The lowest BCUT2D eigenvalue weighted by Gasteiger charge is -2.12. The van der Waals surface area contributed by atoms with Gasteiger partial charge in [-0.2, -0.15) is 0 Å². The molecule has 0 radical (unpaired) electrons. The van der Waals surface area contributed by atoms with Crippen molar-refractivity contribution in [3.05, 3.63) is 29.3 Å². The lowest BCUT2D eigenvalue weighted by molar-refractivity contribution is 0.102. The van der Waals surface area contributed by atoms with Crippen molar-refractivity contribution in [3.8, 4) is 0 Å². The van der Waals surface area contributed by atoms with Crippen LogP contribution in [0.5, 0.6) is 0 Å². The summed E-state index contributed by atoms with van der Waals surface area (Å²) in [5.41, 5.74) is 0.751. The van der Waals surface area contributed by atoms with Gasteiger partial charge in [0.2, 0.25) is 5.95 Å². The Kier molecular flexibility index (Phi) is 4.22. The van der Waals surface area contributed by atoms with Crippen molar-refractivity contribution >= 4 is 27.5 Å². The third kappa shape index (κ3) is 3.88. The Morgan fingerprint density at radius 1 is 1.29 bits per heavy atom. The molecule has 2 N–H and O–H groups in total. The number of nitrogens with one attached hydrogen (secondary N) is 2. The van der Waals surface area contributed by atoms with E-state index in [4.69, 9.17) is 4.52 Å². The first kappa shape index (κ1) is 16.4. The third-order valence-electron chi connectivity index (χ3n) is 3.52. The molecule has 1 aliphatic rings. The van der Waals surface area contributed by atoms with Gasteiger partial charge in [-0.05, 0) is 26.3 Å². The number of sulfone groups is 1. The first-order valence-electron chi connectivity index (χ1n) is 7.38. The molecule has 0 aliphatic carbocycles. The molecule has 0 aromatic carbocycles. The van der Waals surface area contributed by atoms with E-state index in [9.17, 15) is 13.2 Å². The highest BCUT2D eigenvalue weighted by atomic mass is 32.2. The lowest BCUT2D eigenvalue weighted by Crippen LogP contribution is -2.23. The first-order valence-corrected chi connectivity index (χ1v) is 9.20. The molecule has 9 nitrogen and oxygen atoms in total. The van der Waals surface area contributed by atoms with E-state index in [1.54, 1.807) is 26.0 Å². The number of hydrogen-bond donors (Lipinski definition) is 2. The number of amides is 1. The molecule has 1 atom stereocenters. The van der Waals surface area contributed by atoms with Crippen LogP contribution in [-0.2, 0) is 9.84 Å². The molecule has 128 valence electrons. The van der Waals surface area contributed by atoms with E-state index < -0.39 is 15.7 Å². The number of anilines is 2. The van der Waals surface area contributed by atoms with Crippen LogP contribution in [0.3, 0.4) is 0 Å². The summed E-state index contributed by atoms with van der Waals surface area (Å²) in [5.74, 6) is 0.855. The summed E-state index contributed by atoms with van der Waals surface area (Å²) in [6.45, 7) is 3.45. The van der Waals surface area contributed by atoms with Crippen LogP contribution in [-0.4, -0.2) is 47.0 Å². The van der Waals surface area contributed by atoms with Gasteiger partial charge in [0.05, 0.1) is 11.5 Å². The molecule has 0 bridgehead atoms. The molecule has 10 heteroatoms. The number of carbonyl (C=O) groups excluding carboxylic acids is 1. The minimum atomic E-state index is -3.01.